The highest BCUT2D eigenvalue weighted by atomic mass is 35.5. The minimum absolute atomic E-state index is 0.0796. The Bertz CT molecular complexity index is 629. The third-order valence-electron chi connectivity index (χ3n) is 3.77. The van der Waals surface area contributed by atoms with E-state index in [2.05, 4.69) is 4.98 Å². The van der Waals surface area contributed by atoms with E-state index in [4.69, 9.17) is 20.9 Å². The molecule has 1 fully saturated rings. The van der Waals surface area contributed by atoms with E-state index in [1.807, 2.05) is 27.7 Å². The van der Waals surface area contributed by atoms with E-state index in [0.29, 0.717) is 5.46 Å². The lowest BCUT2D eigenvalue weighted by molar-refractivity contribution is 0.00578. The number of hydrogen-bond donors (Lipinski definition) is 0. The number of hydrogen-bond acceptors (Lipinski definition) is 5. The Labute approximate surface area is 124 Å². The van der Waals surface area contributed by atoms with Crippen LogP contribution in [0.15, 0.2) is 17.2 Å². The van der Waals surface area contributed by atoms with Gasteiger partial charge in [0.05, 0.1) is 16.1 Å². The van der Waals surface area contributed by atoms with Crippen molar-refractivity contribution >= 4 is 34.0 Å². The summed E-state index contributed by atoms with van der Waals surface area (Å²) in [6, 6.07) is 1.32. The summed E-state index contributed by atoms with van der Waals surface area (Å²) in [7, 11) is -4.24. The van der Waals surface area contributed by atoms with Crippen molar-refractivity contribution in [1.82, 2.24) is 4.98 Å². The fourth-order valence-electron chi connectivity index (χ4n) is 1.89. The summed E-state index contributed by atoms with van der Waals surface area (Å²) >= 11 is 5.78. The first-order chi connectivity index (χ1) is 8.94. The van der Waals surface area contributed by atoms with Crippen LogP contribution >= 0.6 is 11.6 Å². The molecule has 1 aromatic rings. The number of sulfone groups is 1. The molecule has 8 heteroatoms. The molecular formula is C12H17BClNO4S. The Morgan fingerprint density at radius 3 is 2.15 bits per heavy atom. The third-order valence-corrected chi connectivity index (χ3v) is 5.13. The normalized spacial score (nSPS) is 21.2. The van der Waals surface area contributed by atoms with Gasteiger partial charge in [0.25, 0.3) is 0 Å². The van der Waals surface area contributed by atoms with Gasteiger partial charge in [0.1, 0.15) is 5.15 Å². The Balaban J connectivity index is 2.51. The van der Waals surface area contributed by atoms with Gasteiger partial charge >= 0.3 is 7.12 Å². The van der Waals surface area contributed by atoms with E-state index in [1.54, 1.807) is 0 Å². The molecule has 0 unspecified atom stereocenters. The van der Waals surface area contributed by atoms with Crippen molar-refractivity contribution in [3.8, 4) is 0 Å². The van der Waals surface area contributed by atoms with Crippen LogP contribution < -0.4 is 5.46 Å². The highest BCUT2D eigenvalue weighted by Crippen LogP contribution is 2.36. The van der Waals surface area contributed by atoms with Crippen molar-refractivity contribution in [2.24, 2.45) is 0 Å². The van der Waals surface area contributed by atoms with Crippen LogP contribution in [-0.2, 0) is 19.1 Å². The summed E-state index contributed by atoms with van der Waals surface area (Å²) in [6.07, 6.45) is 2.51. The summed E-state index contributed by atoms with van der Waals surface area (Å²) in [5.74, 6) is 0. The number of rotatable bonds is 2. The number of nitrogens with zero attached hydrogens (tertiary/aromatic N) is 1. The topological polar surface area (TPSA) is 65.5 Å². The Morgan fingerprint density at radius 2 is 1.70 bits per heavy atom. The standard InChI is InChI=1S/C12H17BClNO4S/c1-11(2)12(3,4)19-13(18-11)8-7-15-10(14)6-9(8)20(5,16)17/h6-7H,1-5H3. The van der Waals surface area contributed by atoms with Gasteiger partial charge in [-0.2, -0.15) is 0 Å². The van der Waals surface area contributed by atoms with Gasteiger partial charge in [-0.3, -0.25) is 0 Å². The molecule has 0 N–H and O–H groups in total. The van der Waals surface area contributed by atoms with Crippen molar-refractivity contribution in [2.75, 3.05) is 6.26 Å². The fourth-order valence-corrected chi connectivity index (χ4v) is 3.02. The van der Waals surface area contributed by atoms with Gasteiger partial charge in [-0.1, -0.05) is 11.6 Å². The highest BCUT2D eigenvalue weighted by Gasteiger charge is 2.52. The van der Waals surface area contributed by atoms with E-state index >= 15 is 0 Å². The van der Waals surface area contributed by atoms with E-state index in [9.17, 15) is 8.42 Å². The van der Waals surface area contributed by atoms with Gasteiger partial charge in [0, 0.05) is 17.9 Å². The second-order valence-corrected chi connectivity index (χ2v) is 8.28. The van der Waals surface area contributed by atoms with Crippen molar-refractivity contribution in [2.45, 2.75) is 43.8 Å². The van der Waals surface area contributed by atoms with E-state index < -0.39 is 28.2 Å². The average Bonchev–Trinajstić information content (AvgIpc) is 2.46. The molecule has 0 atom stereocenters. The van der Waals surface area contributed by atoms with E-state index in [1.165, 1.54) is 12.3 Å². The Morgan fingerprint density at radius 1 is 1.20 bits per heavy atom. The van der Waals surface area contributed by atoms with Gasteiger partial charge in [-0.15, -0.1) is 0 Å². The maximum absolute atomic E-state index is 11.9. The molecular weight excluding hydrogens is 300 g/mol. The molecule has 1 aliphatic heterocycles. The first-order valence-corrected chi connectivity index (χ1v) is 8.42. The molecule has 0 aromatic carbocycles. The molecule has 1 saturated heterocycles. The molecule has 1 aromatic heterocycles. The molecule has 0 bridgehead atoms. The van der Waals surface area contributed by atoms with Crippen LogP contribution in [0.25, 0.3) is 0 Å². The van der Waals surface area contributed by atoms with E-state index in [-0.39, 0.29) is 10.0 Å². The zero-order chi connectivity index (χ0) is 15.3. The first-order valence-electron chi connectivity index (χ1n) is 6.15. The minimum Gasteiger partial charge on any atom is -0.399 e. The smallest absolute Gasteiger partial charge is 0.399 e. The minimum atomic E-state index is -3.45. The van der Waals surface area contributed by atoms with Gasteiger partial charge < -0.3 is 9.31 Å². The second kappa shape index (κ2) is 4.69. The SMILES string of the molecule is CC1(C)OB(c2cnc(Cl)cc2S(C)(=O)=O)OC1(C)C. The largest absolute Gasteiger partial charge is 0.497 e. The predicted octanol–water partition coefficient (Wildman–Crippen LogP) is 1.44. The molecule has 0 radical (unpaired) electrons. The highest BCUT2D eigenvalue weighted by molar-refractivity contribution is 7.91. The average molecular weight is 318 g/mol. The van der Waals surface area contributed by atoms with Gasteiger partial charge in [-0.25, -0.2) is 13.4 Å². The molecule has 20 heavy (non-hydrogen) atoms. The Hall–Kier alpha value is -0.625. The molecule has 0 aliphatic carbocycles. The van der Waals surface area contributed by atoms with Gasteiger partial charge in [-0.05, 0) is 33.8 Å². The number of halogens is 1. The fraction of sp³-hybridized carbons (Fsp3) is 0.583. The molecule has 1 aliphatic rings. The summed E-state index contributed by atoms with van der Waals surface area (Å²) in [4.78, 5) is 4.01. The summed E-state index contributed by atoms with van der Waals surface area (Å²) in [5, 5.41) is 0.116. The van der Waals surface area contributed by atoms with Crippen molar-refractivity contribution in [1.29, 1.82) is 0 Å². The molecule has 2 heterocycles. The van der Waals surface area contributed by atoms with Crippen LogP contribution in [-0.4, -0.2) is 38.0 Å². The van der Waals surface area contributed by atoms with Crippen LogP contribution in [0.1, 0.15) is 27.7 Å². The van der Waals surface area contributed by atoms with Crippen molar-refractivity contribution in [3.05, 3.63) is 17.4 Å². The monoisotopic (exact) mass is 317 g/mol. The molecule has 5 nitrogen and oxygen atoms in total. The third kappa shape index (κ3) is 2.72. The van der Waals surface area contributed by atoms with Crippen LogP contribution in [0.3, 0.4) is 0 Å². The quantitative estimate of drug-likeness (QED) is 0.610. The molecule has 0 saturated carbocycles. The molecule has 0 spiro atoms. The second-order valence-electron chi connectivity index (χ2n) is 5.91. The maximum atomic E-state index is 11.9. The van der Waals surface area contributed by atoms with Crippen LogP contribution in [0, 0.1) is 0 Å². The van der Waals surface area contributed by atoms with Gasteiger partial charge in [0.15, 0.2) is 9.84 Å². The first kappa shape index (κ1) is 15.8. The van der Waals surface area contributed by atoms with E-state index in [0.717, 1.165) is 6.26 Å². The lowest BCUT2D eigenvalue weighted by atomic mass is 9.80. The molecule has 0 amide bonds. The molecule has 110 valence electrons. The predicted molar refractivity (Wildman–Crippen MR) is 78.1 cm³/mol. The zero-order valence-corrected chi connectivity index (χ0v) is 13.7. The maximum Gasteiger partial charge on any atom is 0.497 e. The van der Waals surface area contributed by atoms with Crippen LogP contribution in [0.4, 0.5) is 0 Å². The Kier molecular flexibility index (Phi) is 3.70. The number of pyridine rings is 1. The van der Waals surface area contributed by atoms with Gasteiger partial charge in [0.2, 0.25) is 0 Å². The summed E-state index contributed by atoms with van der Waals surface area (Å²) < 4.78 is 35.5. The van der Waals surface area contributed by atoms with Crippen molar-refractivity contribution in [3.63, 3.8) is 0 Å². The lowest BCUT2D eigenvalue weighted by Gasteiger charge is -2.32. The van der Waals surface area contributed by atoms with Crippen LogP contribution in [0.5, 0.6) is 0 Å². The molecule has 2 rings (SSSR count). The number of aromatic nitrogens is 1. The summed E-state index contributed by atoms with van der Waals surface area (Å²) in [5.41, 5.74) is -0.728. The summed E-state index contributed by atoms with van der Waals surface area (Å²) in [6.45, 7) is 7.60. The zero-order valence-electron chi connectivity index (χ0n) is 12.1. The van der Waals surface area contributed by atoms with Crippen molar-refractivity contribution < 1.29 is 17.7 Å². The van der Waals surface area contributed by atoms with Crippen LogP contribution in [0.2, 0.25) is 5.15 Å². The lowest BCUT2D eigenvalue weighted by Crippen LogP contribution is -2.41.